The molecule has 0 unspecified atom stereocenters. The van der Waals surface area contributed by atoms with Crippen LogP contribution in [0.4, 0.5) is 0 Å². The molecule has 1 saturated heterocycles. The van der Waals surface area contributed by atoms with Gasteiger partial charge in [-0.2, -0.15) is 0 Å². The fraction of sp³-hybridized carbons (Fsp3) is 0.500. The molecule has 106 valence electrons. The van der Waals surface area contributed by atoms with Crippen LogP contribution in [-0.2, 0) is 0 Å². The second-order valence-corrected chi connectivity index (χ2v) is 5.41. The smallest absolute Gasteiger partial charge is 0.155 e. The van der Waals surface area contributed by atoms with Crippen molar-refractivity contribution in [3.63, 3.8) is 0 Å². The fourth-order valence-corrected chi connectivity index (χ4v) is 2.61. The van der Waals surface area contributed by atoms with Crippen molar-refractivity contribution in [3.8, 4) is 5.75 Å². The van der Waals surface area contributed by atoms with Crippen LogP contribution in [0.3, 0.4) is 0 Å². The summed E-state index contributed by atoms with van der Waals surface area (Å²) in [6, 6.07) is 0. The van der Waals surface area contributed by atoms with Crippen LogP contribution in [0.1, 0.15) is 31.5 Å². The molecule has 0 amide bonds. The van der Waals surface area contributed by atoms with Crippen LogP contribution in [0.2, 0.25) is 0 Å². The molecule has 0 bridgehead atoms. The Hall–Kier alpha value is -1.68. The van der Waals surface area contributed by atoms with Gasteiger partial charge >= 0.3 is 0 Å². The van der Waals surface area contributed by atoms with Crippen LogP contribution in [0.5, 0.6) is 5.75 Å². The van der Waals surface area contributed by atoms with Gasteiger partial charge in [-0.3, -0.25) is 0 Å². The molecule has 0 aromatic carbocycles. The molecule has 1 aromatic rings. The van der Waals surface area contributed by atoms with Crippen molar-refractivity contribution < 1.29 is 4.74 Å². The van der Waals surface area contributed by atoms with Crippen LogP contribution in [0.15, 0.2) is 30.6 Å². The van der Waals surface area contributed by atoms with Gasteiger partial charge in [-0.15, -0.1) is 0 Å². The average Bonchev–Trinajstić information content (AvgIpc) is 2.55. The third kappa shape index (κ3) is 3.45. The first-order valence-corrected chi connectivity index (χ1v) is 7.43. The van der Waals surface area contributed by atoms with E-state index in [4.69, 9.17) is 4.74 Å². The van der Waals surface area contributed by atoms with E-state index in [9.17, 15) is 0 Å². The molecule has 0 spiro atoms. The van der Waals surface area contributed by atoms with E-state index in [-0.39, 0.29) is 0 Å². The summed E-state index contributed by atoms with van der Waals surface area (Å²) in [5, 5.41) is 3.36. The molecular weight excluding hydrogens is 250 g/mol. The summed E-state index contributed by atoms with van der Waals surface area (Å²) in [6.07, 6.45) is 14.4. The van der Waals surface area contributed by atoms with E-state index in [1.54, 1.807) is 12.4 Å². The van der Waals surface area contributed by atoms with Gasteiger partial charge in [0.25, 0.3) is 0 Å². The Kier molecular flexibility index (Phi) is 4.43. The number of ether oxygens (including phenoxy) is 1. The van der Waals surface area contributed by atoms with Gasteiger partial charge in [0.1, 0.15) is 0 Å². The van der Waals surface area contributed by atoms with Gasteiger partial charge in [0.15, 0.2) is 11.6 Å². The maximum Gasteiger partial charge on any atom is 0.155 e. The van der Waals surface area contributed by atoms with Gasteiger partial charge in [0.05, 0.1) is 19.0 Å². The molecule has 3 rings (SSSR count). The number of allylic oxidation sites excluding steroid dienone is 4. The molecule has 1 fully saturated rings. The lowest BCUT2D eigenvalue weighted by atomic mass is 9.99. The minimum atomic E-state index is 0.655. The standard InChI is InChI=1S/C16H21N3O/c1-2-4-14(5-3-1)16-18-10-15(11-19-16)20-12-13-6-8-17-9-7-13/h1-2,4,10-11,13,17H,3,5-9,12H2. The minimum absolute atomic E-state index is 0.655. The lowest BCUT2D eigenvalue weighted by Crippen LogP contribution is -2.30. The van der Waals surface area contributed by atoms with E-state index in [2.05, 4.69) is 33.5 Å². The zero-order valence-electron chi connectivity index (χ0n) is 11.7. The first kappa shape index (κ1) is 13.3. The second-order valence-electron chi connectivity index (χ2n) is 5.41. The summed E-state index contributed by atoms with van der Waals surface area (Å²) in [5.74, 6) is 2.25. The molecule has 0 saturated carbocycles. The second kappa shape index (κ2) is 6.66. The summed E-state index contributed by atoms with van der Waals surface area (Å²) in [4.78, 5) is 8.83. The molecule has 20 heavy (non-hydrogen) atoms. The Balaban J connectivity index is 1.55. The number of piperidine rings is 1. The van der Waals surface area contributed by atoms with Crippen molar-refractivity contribution >= 4 is 5.57 Å². The van der Waals surface area contributed by atoms with E-state index in [0.717, 1.165) is 44.1 Å². The summed E-state index contributed by atoms with van der Waals surface area (Å²) >= 11 is 0. The van der Waals surface area contributed by atoms with Crippen molar-refractivity contribution in [1.29, 1.82) is 0 Å². The molecule has 2 heterocycles. The number of aromatic nitrogens is 2. The van der Waals surface area contributed by atoms with E-state index in [0.29, 0.717) is 5.92 Å². The molecule has 1 aliphatic heterocycles. The molecule has 1 aliphatic carbocycles. The quantitative estimate of drug-likeness (QED) is 0.914. The normalized spacial score (nSPS) is 19.7. The third-order valence-corrected chi connectivity index (χ3v) is 3.87. The van der Waals surface area contributed by atoms with Gasteiger partial charge < -0.3 is 10.1 Å². The van der Waals surface area contributed by atoms with Crippen molar-refractivity contribution in [2.45, 2.75) is 25.7 Å². The van der Waals surface area contributed by atoms with Gasteiger partial charge in [0, 0.05) is 0 Å². The van der Waals surface area contributed by atoms with Crippen LogP contribution < -0.4 is 10.1 Å². The molecule has 4 nitrogen and oxygen atoms in total. The molecule has 0 atom stereocenters. The third-order valence-electron chi connectivity index (χ3n) is 3.87. The van der Waals surface area contributed by atoms with Gasteiger partial charge in [-0.05, 0) is 50.3 Å². The highest BCUT2D eigenvalue weighted by Crippen LogP contribution is 2.21. The molecule has 1 aromatic heterocycles. The van der Waals surface area contributed by atoms with Crippen molar-refractivity contribution in [2.24, 2.45) is 5.92 Å². The summed E-state index contributed by atoms with van der Waals surface area (Å²) in [5.41, 5.74) is 1.21. The summed E-state index contributed by atoms with van der Waals surface area (Å²) < 4.78 is 5.80. The van der Waals surface area contributed by atoms with E-state index >= 15 is 0 Å². The van der Waals surface area contributed by atoms with Gasteiger partial charge in [0.2, 0.25) is 0 Å². The van der Waals surface area contributed by atoms with Crippen LogP contribution in [0.25, 0.3) is 5.57 Å². The first-order valence-electron chi connectivity index (χ1n) is 7.43. The maximum absolute atomic E-state index is 5.80. The fourth-order valence-electron chi connectivity index (χ4n) is 2.61. The van der Waals surface area contributed by atoms with E-state index < -0.39 is 0 Å². The Morgan fingerprint density at radius 3 is 2.70 bits per heavy atom. The summed E-state index contributed by atoms with van der Waals surface area (Å²) in [6.45, 7) is 2.98. The predicted octanol–water partition coefficient (Wildman–Crippen LogP) is 2.59. The SMILES string of the molecule is C1=CCCC(c2ncc(OCC3CCNCC3)cn2)=C1. The highest BCUT2D eigenvalue weighted by Gasteiger charge is 2.14. The monoisotopic (exact) mass is 271 g/mol. The zero-order chi connectivity index (χ0) is 13.6. The molecule has 2 aliphatic rings. The van der Waals surface area contributed by atoms with Crippen LogP contribution >= 0.6 is 0 Å². The van der Waals surface area contributed by atoms with Gasteiger partial charge in [-0.25, -0.2) is 9.97 Å². The number of nitrogens with zero attached hydrogens (tertiary/aromatic N) is 2. The van der Waals surface area contributed by atoms with E-state index in [1.165, 1.54) is 18.4 Å². The topological polar surface area (TPSA) is 47.0 Å². The van der Waals surface area contributed by atoms with Crippen LogP contribution in [0, 0.1) is 5.92 Å². The van der Waals surface area contributed by atoms with E-state index in [1.807, 2.05) is 0 Å². The number of rotatable bonds is 4. The highest BCUT2D eigenvalue weighted by molar-refractivity contribution is 5.62. The lowest BCUT2D eigenvalue weighted by molar-refractivity contribution is 0.214. The Bertz CT molecular complexity index is 487. The molecule has 4 heteroatoms. The number of hydrogen-bond acceptors (Lipinski definition) is 4. The Morgan fingerprint density at radius 1 is 1.20 bits per heavy atom. The minimum Gasteiger partial charge on any atom is -0.490 e. The number of hydrogen-bond donors (Lipinski definition) is 1. The Labute approximate surface area is 120 Å². The zero-order valence-corrected chi connectivity index (χ0v) is 11.7. The number of nitrogens with one attached hydrogen (secondary N) is 1. The maximum atomic E-state index is 5.80. The van der Waals surface area contributed by atoms with Crippen molar-refractivity contribution in [1.82, 2.24) is 15.3 Å². The molecule has 0 radical (unpaired) electrons. The average molecular weight is 271 g/mol. The molecule has 1 N–H and O–H groups in total. The molecular formula is C16H21N3O. The van der Waals surface area contributed by atoms with Crippen LogP contribution in [-0.4, -0.2) is 29.7 Å². The highest BCUT2D eigenvalue weighted by atomic mass is 16.5. The first-order chi connectivity index (χ1) is 9.92. The summed E-state index contributed by atoms with van der Waals surface area (Å²) in [7, 11) is 0. The van der Waals surface area contributed by atoms with Crippen molar-refractivity contribution in [2.75, 3.05) is 19.7 Å². The largest absolute Gasteiger partial charge is 0.490 e. The predicted molar refractivity (Wildman–Crippen MR) is 79.5 cm³/mol. The lowest BCUT2D eigenvalue weighted by Gasteiger charge is -2.22. The Morgan fingerprint density at radius 2 is 2.00 bits per heavy atom. The van der Waals surface area contributed by atoms with Crippen molar-refractivity contribution in [3.05, 3.63) is 36.4 Å². The van der Waals surface area contributed by atoms with Gasteiger partial charge in [-0.1, -0.05) is 18.2 Å².